The first-order valence-electron chi connectivity index (χ1n) is 12.9. The van der Waals surface area contributed by atoms with E-state index >= 15 is 0 Å². The maximum Gasteiger partial charge on any atom is 0.264 e. The van der Waals surface area contributed by atoms with E-state index in [2.05, 4.69) is 33.0 Å². The number of sulfonamides is 1. The number of hydrogen-bond acceptors (Lipinski definition) is 5. The summed E-state index contributed by atoms with van der Waals surface area (Å²) in [5.74, 6) is 0.101. The van der Waals surface area contributed by atoms with Crippen LogP contribution in [0, 0.1) is 6.92 Å². The Balaban J connectivity index is 1.49. The zero-order valence-corrected chi connectivity index (χ0v) is 26.0. The second-order valence-electron chi connectivity index (χ2n) is 9.32. The highest BCUT2D eigenvalue weighted by Gasteiger charge is 2.28. The monoisotopic (exact) mass is 665 g/mol. The van der Waals surface area contributed by atoms with Crippen LogP contribution in [0.5, 0.6) is 5.75 Å². The van der Waals surface area contributed by atoms with Gasteiger partial charge in [-0.2, -0.15) is 5.10 Å². The molecule has 7 nitrogen and oxygen atoms in total. The number of amides is 1. The summed E-state index contributed by atoms with van der Waals surface area (Å²) in [6, 6.07) is 26.3. The Morgan fingerprint density at radius 1 is 1.05 bits per heavy atom. The quantitative estimate of drug-likeness (QED) is 0.0996. The molecule has 4 aromatic carbocycles. The average Bonchev–Trinajstić information content (AvgIpc) is 2.98. The van der Waals surface area contributed by atoms with Gasteiger partial charge >= 0.3 is 0 Å². The van der Waals surface area contributed by atoms with Crippen molar-refractivity contribution < 1.29 is 17.9 Å². The fourth-order valence-electron chi connectivity index (χ4n) is 4.09. The van der Waals surface area contributed by atoms with E-state index in [-0.39, 0.29) is 4.90 Å². The van der Waals surface area contributed by atoms with Crippen molar-refractivity contribution in [3.63, 3.8) is 0 Å². The van der Waals surface area contributed by atoms with Crippen molar-refractivity contribution in [2.24, 2.45) is 5.10 Å². The van der Waals surface area contributed by atoms with Crippen LogP contribution in [0.1, 0.15) is 22.3 Å². The first-order valence-corrected chi connectivity index (χ1v) is 15.6. The van der Waals surface area contributed by atoms with Gasteiger partial charge in [-0.1, -0.05) is 70.0 Å². The minimum Gasteiger partial charge on any atom is -0.489 e. The van der Waals surface area contributed by atoms with Crippen molar-refractivity contribution >= 4 is 55.4 Å². The van der Waals surface area contributed by atoms with Crippen LogP contribution in [0.2, 0.25) is 5.02 Å². The molecule has 1 N–H and O–H groups in total. The van der Waals surface area contributed by atoms with Crippen LogP contribution < -0.4 is 14.5 Å². The third-order valence-corrected chi connectivity index (χ3v) is 8.76. The smallest absolute Gasteiger partial charge is 0.264 e. The van der Waals surface area contributed by atoms with Gasteiger partial charge in [-0.05, 0) is 90.2 Å². The third kappa shape index (κ3) is 8.09. The molecule has 0 saturated carbocycles. The number of rotatable bonds is 12. The Hall–Kier alpha value is -3.92. The highest BCUT2D eigenvalue weighted by molar-refractivity contribution is 9.10. The molecule has 0 atom stereocenters. The normalized spacial score (nSPS) is 11.3. The summed E-state index contributed by atoms with van der Waals surface area (Å²) in [7, 11) is -4.07. The van der Waals surface area contributed by atoms with Gasteiger partial charge in [0.15, 0.2) is 0 Å². The number of nitrogens with one attached hydrogen (secondary N) is 1. The fourth-order valence-corrected chi connectivity index (χ4v) is 6.02. The van der Waals surface area contributed by atoms with Crippen molar-refractivity contribution in [2.45, 2.75) is 24.8 Å². The average molecular weight is 667 g/mol. The van der Waals surface area contributed by atoms with Crippen molar-refractivity contribution in [3.8, 4) is 5.75 Å². The zero-order chi connectivity index (χ0) is 30.1. The fraction of sp³-hybridized carbons (Fsp3) is 0.125. The van der Waals surface area contributed by atoms with Gasteiger partial charge in [0, 0.05) is 9.50 Å². The number of anilines is 1. The molecule has 0 aliphatic carbocycles. The summed E-state index contributed by atoms with van der Waals surface area (Å²) in [4.78, 5) is 13.0. The van der Waals surface area contributed by atoms with Gasteiger partial charge in [-0.25, -0.2) is 13.8 Å². The van der Waals surface area contributed by atoms with Gasteiger partial charge in [0.05, 0.1) is 16.8 Å². The molecule has 1 amide bonds. The number of ether oxygens (including phenoxy) is 1. The Morgan fingerprint density at radius 2 is 1.79 bits per heavy atom. The molecule has 42 heavy (non-hydrogen) atoms. The Morgan fingerprint density at radius 3 is 2.50 bits per heavy atom. The largest absolute Gasteiger partial charge is 0.489 e. The van der Waals surface area contributed by atoms with Gasteiger partial charge < -0.3 is 4.74 Å². The molecule has 0 radical (unpaired) electrons. The van der Waals surface area contributed by atoms with E-state index in [9.17, 15) is 13.2 Å². The highest BCUT2D eigenvalue weighted by atomic mass is 79.9. The van der Waals surface area contributed by atoms with Crippen LogP contribution in [0.15, 0.2) is 118 Å². The maximum atomic E-state index is 13.6. The minimum absolute atomic E-state index is 0.0536. The van der Waals surface area contributed by atoms with E-state index in [0.717, 1.165) is 31.2 Å². The molecule has 0 fully saturated rings. The molecule has 10 heteroatoms. The summed E-state index contributed by atoms with van der Waals surface area (Å²) in [5.41, 5.74) is 6.06. The minimum atomic E-state index is -4.07. The SMILES string of the molecule is C=CCc1cc(C=NNC(=O)CN(c2cc(Cl)ccc2C)S(=O)(=O)c2ccccc2)ccc1OCc1ccc(Br)cc1. The van der Waals surface area contributed by atoms with Gasteiger partial charge in [-0.3, -0.25) is 9.10 Å². The summed E-state index contributed by atoms with van der Waals surface area (Å²) < 4.78 is 35.2. The lowest BCUT2D eigenvalue weighted by atomic mass is 10.1. The molecule has 4 rings (SSSR count). The molecule has 0 heterocycles. The molecule has 0 spiro atoms. The maximum absolute atomic E-state index is 13.6. The number of aryl methyl sites for hydroxylation is 1. The number of allylic oxidation sites excluding steroid dienone is 1. The first kappa shape index (κ1) is 31.0. The van der Waals surface area contributed by atoms with Crippen LogP contribution in [0.4, 0.5) is 5.69 Å². The second kappa shape index (κ2) is 14.3. The van der Waals surface area contributed by atoms with E-state index in [0.29, 0.717) is 29.3 Å². The summed E-state index contributed by atoms with van der Waals surface area (Å²) in [6.45, 7) is 5.50. The topological polar surface area (TPSA) is 88.1 Å². The molecule has 0 aliphatic rings. The van der Waals surface area contributed by atoms with E-state index in [4.69, 9.17) is 16.3 Å². The first-order chi connectivity index (χ1) is 20.2. The van der Waals surface area contributed by atoms with Crippen LogP contribution in [0.3, 0.4) is 0 Å². The molecular formula is C32H29BrClN3O4S. The van der Waals surface area contributed by atoms with Crippen LogP contribution >= 0.6 is 27.5 Å². The number of benzene rings is 4. The number of hydrazone groups is 1. The van der Waals surface area contributed by atoms with Crippen molar-refractivity contribution in [1.82, 2.24) is 5.43 Å². The van der Waals surface area contributed by atoms with Gasteiger partial charge in [0.25, 0.3) is 15.9 Å². The number of carbonyl (C=O) groups excluding carboxylic acids is 1. The lowest BCUT2D eigenvalue weighted by Crippen LogP contribution is -2.40. The molecule has 0 unspecified atom stereocenters. The Labute approximate surface area is 259 Å². The number of halogens is 2. The third-order valence-electron chi connectivity index (χ3n) is 6.22. The van der Waals surface area contributed by atoms with E-state index < -0.39 is 22.5 Å². The summed E-state index contributed by atoms with van der Waals surface area (Å²) >= 11 is 9.62. The highest BCUT2D eigenvalue weighted by Crippen LogP contribution is 2.29. The molecule has 4 aromatic rings. The summed E-state index contributed by atoms with van der Waals surface area (Å²) in [6.07, 6.45) is 3.85. The second-order valence-corrected chi connectivity index (χ2v) is 12.5. The number of nitrogens with zero attached hydrogens (tertiary/aromatic N) is 2. The van der Waals surface area contributed by atoms with E-state index in [1.165, 1.54) is 24.4 Å². The standard InChI is InChI=1S/C32H29BrClN3O4S/c1-3-7-26-18-25(13-17-31(26)41-22-24-11-14-27(33)15-12-24)20-35-36-32(38)21-37(30-19-28(34)16-10-23(30)2)42(39,40)29-8-5-4-6-9-29/h3-6,8-20H,1,7,21-22H2,2H3,(H,36,38). The predicted octanol–water partition coefficient (Wildman–Crippen LogP) is 7.06. The van der Waals surface area contributed by atoms with Crippen LogP contribution in [-0.4, -0.2) is 27.1 Å². The lowest BCUT2D eigenvalue weighted by Gasteiger charge is -2.25. The van der Waals surface area contributed by atoms with E-state index in [1.807, 2.05) is 42.5 Å². The zero-order valence-electron chi connectivity index (χ0n) is 22.8. The molecule has 0 aromatic heterocycles. The lowest BCUT2D eigenvalue weighted by molar-refractivity contribution is -0.119. The van der Waals surface area contributed by atoms with E-state index in [1.54, 1.807) is 43.3 Å². The van der Waals surface area contributed by atoms with Gasteiger partial charge in [0.1, 0.15) is 18.9 Å². The van der Waals surface area contributed by atoms with Crippen LogP contribution in [0.25, 0.3) is 0 Å². The number of hydrogen-bond donors (Lipinski definition) is 1. The molecule has 0 saturated heterocycles. The van der Waals surface area contributed by atoms with Gasteiger partial charge in [-0.15, -0.1) is 6.58 Å². The Kier molecular flexibility index (Phi) is 10.6. The van der Waals surface area contributed by atoms with Gasteiger partial charge in [0.2, 0.25) is 0 Å². The number of carbonyl (C=O) groups is 1. The predicted molar refractivity (Wildman–Crippen MR) is 172 cm³/mol. The van der Waals surface area contributed by atoms with Crippen LogP contribution in [-0.2, 0) is 27.8 Å². The summed E-state index contributed by atoms with van der Waals surface area (Å²) in [5, 5.41) is 4.42. The molecule has 216 valence electrons. The molecule has 0 bridgehead atoms. The van der Waals surface area contributed by atoms with Crippen molar-refractivity contribution in [1.29, 1.82) is 0 Å². The Bertz CT molecular complexity index is 1700. The van der Waals surface area contributed by atoms with Crippen molar-refractivity contribution in [2.75, 3.05) is 10.8 Å². The van der Waals surface area contributed by atoms with Crippen molar-refractivity contribution in [3.05, 3.63) is 135 Å². The molecular weight excluding hydrogens is 638 g/mol. The molecule has 0 aliphatic heterocycles.